The molecule has 1 aliphatic heterocycles. The molecule has 2 atom stereocenters. The summed E-state index contributed by atoms with van der Waals surface area (Å²) in [6.07, 6.45) is 1.95. The van der Waals surface area contributed by atoms with Crippen molar-refractivity contribution in [3.63, 3.8) is 0 Å². The Bertz CT molecular complexity index is 182. The van der Waals surface area contributed by atoms with Crippen LogP contribution in [0.1, 0.15) is 13.8 Å². The predicted octanol–water partition coefficient (Wildman–Crippen LogP) is 0.856. The van der Waals surface area contributed by atoms with E-state index in [9.17, 15) is 0 Å². The molecule has 0 spiro atoms. The van der Waals surface area contributed by atoms with E-state index in [4.69, 9.17) is 10.5 Å². The minimum absolute atomic E-state index is 0.209. The summed E-state index contributed by atoms with van der Waals surface area (Å²) in [7, 11) is 0. The van der Waals surface area contributed by atoms with E-state index in [1.54, 1.807) is 0 Å². The topological polar surface area (TPSA) is 38.5 Å². The molecular weight excluding hydrogens is 176 g/mol. The number of ether oxygens (including phenoxy) is 1. The van der Waals surface area contributed by atoms with Crippen molar-refractivity contribution in [1.82, 2.24) is 4.90 Å². The first-order chi connectivity index (χ1) is 6.65. The number of hydrogen-bond acceptors (Lipinski definition) is 3. The van der Waals surface area contributed by atoms with Gasteiger partial charge in [0, 0.05) is 31.1 Å². The van der Waals surface area contributed by atoms with Crippen LogP contribution < -0.4 is 5.73 Å². The van der Waals surface area contributed by atoms with Crippen LogP contribution in [0.4, 0.5) is 0 Å². The van der Waals surface area contributed by atoms with E-state index in [0.717, 1.165) is 19.7 Å². The first-order valence-electron chi connectivity index (χ1n) is 5.33. The van der Waals surface area contributed by atoms with E-state index in [0.29, 0.717) is 18.6 Å². The van der Waals surface area contributed by atoms with Crippen molar-refractivity contribution in [3.05, 3.63) is 12.7 Å². The van der Waals surface area contributed by atoms with E-state index >= 15 is 0 Å². The highest BCUT2D eigenvalue weighted by Gasteiger charge is 2.27. The fraction of sp³-hybridized carbons (Fsp3) is 0.818. The second-order valence-corrected chi connectivity index (χ2v) is 4.30. The average Bonchev–Trinajstić information content (AvgIpc) is 2.51. The van der Waals surface area contributed by atoms with Crippen LogP contribution in [-0.2, 0) is 4.74 Å². The highest BCUT2D eigenvalue weighted by Crippen LogP contribution is 2.14. The number of nitrogens with zero attached hydrogens (tertiary/aromatic N) is 1. The number of nitrogens with two attached hydrogens (primary N) is 1. The Morgan fingerprint density at radius 2 is 2.29 bits per heavy atom. The molecular formula is C11H22N2O. The lowest BCUT2D eigenvalue weighted by molar-refractivity contribution is 0.160. The van der Waals surface area contributed by atoms with Gasteiger partial charge in [-0.2, -0.15) is 0 Å². The molecule has 1 saturated heterocycles. The van der Waals surface area contributed by atoms with Gasteiger partial charge in [-0.25, -0.2) is 0 Å². The fourth-order valence-corrected chi connectivity index (χ4v) is 1.77. The lowest BCUT2D eigenvalue weighted by Crippen LogP contribution is -2.41. The van der Waals surface area contributed by atoms with Crippen LogP contribution in [0.3, 0.4) is 0 Å². The van der Waals surface area contributed by atoms with Gasteiger partial charge >= 0.3 is 0 Å². The average molecular weight is 198 g/mol. The predicted molar refractivity (Wildman–Crippen MR) is 59.2 cm³/mol. The largest absolute Gasteiger partial charge is 0.379 e. The molecule has 14 heavy (non-hydrogen) atoms. The van der Waals surface area contributed by atoms with Gasteiger partial charge in [0.05, 0.1) is 13.2 Å². The van der Waals surface area contributed by atoms with Gasteiger partial charge in [0.25, 0.3) is 0 Å². The molecule has 1 fully saturated rings. The van der Waals surface area contributed by atoms with E-state index in [-0.39, 0.29) is 6.04 Å². The molecule has 0 bridgehead atoms. The Hall–Kier alpha value is -0.380. The summed E-state index contributed by atoms with van der Waals surface area (Å²) in [6, 6.07) is 0.752. The van der Waals surface area contributed by atoms with Crippen LogP contribution in [0.2, 0.25) is 0 Å². The van der Waals surface area contributed by atoms with Crippen LogP contribution in [0.15, 0.2) is 12.7 Å². The Labute approximate surface area is 86.9 Å². The van der Waals surface area contributed by atoms with Crippen LogP contribution >= 0.6 is 0 Å². The van der Waals surface area contributed by atoms with Crippen LogP contribution in [0.25, 0.3) is 0 Å². The van der Waals surface area contributed by atoms with Gasteiger partial charge < -0.3 is 10.5 Å². The molecule has 2 N–H and O–H groups in total. The third kappa shape index (κ3) is 3.08. The zero-order chi connectivity index (χ0) is 10.6. The molecule has 0 radical (unpaired) electrons. The second kappa shape index (κ2) is 5.49. The Kier molecular flexibility index (Phi) is 4.58. The smallest absolute Gasteiger partial charge is 0.0621 e. The van der Waals surface area contributed by atoms with Gasteiger partial charge in [0.15, 0.2) is 0 Å². The lowest BCUT2D eigenvalue weighted by atomic mass is 10.0. The summed E-state index contributed by atoms with van der Waals surface area (Å²) in [6.45, 7) is 11.6. The van der Waals surface area contributed by atoms with E-state index in [2.05, 4.69) is 25.3 Å². The summed E-state index contributed by atoms with van der Waals surface area (Å²) >= 11 is 0. The van der Waals surface area contributed by atoms with Gasteiger partial charge in [-0.3, -0.25) is 4.90 Å². The summed E-state index contributed by atoms with van der Waals surface area (Å²) in [5, 5.41) is 0. The van der Waals surface area contributed by atoms with Crippen molar-refractivity contribution in [2.24, 2.45) is 11.7 Å². The van der Waals surface area contributed by atoms with Crippen molar-refractivity contribution < 1.29 is 4.74 Å². The van der Waals surface area contributed by atoms with Gasteiger partial charge in [-0.15, -0.1) is 6.58 Å². The first-order valence-corrected chi connectivity index (χ1v) is 5.33. The minimum Gasteiger partial charge on any atom is -0.379 e. The van der Waals surface area contributed by atoms with Crippen LogP contribution in [0, 0.1) is 5.92 Å². The summed E-state index contributed by atoms with van der Waals surface area (Å²) < 4.78 is 5.35. The summed E-state index contributed by atoms with van der Waals surface area (Å²) in [4.78, 5) is 2.38. The van der Waals surface area contributed by atoms with Gasteiger partial charge in [-0.1, -0.05) is 6.08 Å². The Morgan fingerprint density at radius 3 is 2.71 bits per heavy atom. The minimum atomic E-state index is 0.209. The number of hydrogen-bond donors (Lipinski definition) is 1. The third-order valence-corrected chi connectivity index (χ3v) is 2.81. The molecule has 1 aliphatic rings. The Balaban J connectivity index is 2.41. The van der Waals surface area contributed by atoms with Crippen LogP contribution in [0.5, 0.6) is 0 Å². The van der Waals surface area contributed by atoms with Gasteiger partial charge in [-0.05, 0) is 13.8 Å². The Morgan fingerprint density at radius 1 is 1.57 bits per heavy atom. The van der Waals surface area contributed by atoms with Crippen molar-refractivity contribution in [3.8, 4) is 0 Å². The maximum absolute atomic E-state index is 5.95. The molecule has 0 aromatic carbocycles. The van der Waals surface area contributed by atoms with Crippen molar-refractivity contribution in [1.29, 1.82) is 0 Å². The molecule has 0 amide bonds. The van der Waals surface area contributed by atoms with E-state index in [1.165, 1.54) is 0 Å². The zero-order valence-electron chi connectivity index (χ0n) is 9.28. The first kappa shape index (κ1) is 11.7. The molecule has 0 saturated carbocycles. The highest BCUT2D eigenvalue weighted by atomic mass is 16.5. The molecule has 0 aromatic heterocycles. The SMILES string of the molecule is C=CCN(CC1COCC1N)C(C)C. The molecule has 0 aromatic rings. The van der Waals surface area contributed by atoms with Gasteiger partial charge in [0.2, 0.25) is 0 Å². The molecule has 1 rings (SSSR count). The monoisotopic (exact) mass is 198 g/mol. The highest BCUT2D eigenvalue weighted by molar-refractivity contribution is 4.84. The van der Waals surface area contributed by atoms with Gasteiger partial charge in [0.1, 0.15) is 0 Å². The molecule has 3 nitrogen and oxygen atoms in total. The molecule has 1 heterocycles. The molecule has 2 unspecified atom stereocenters. The summed E-state index contributed by atoms with van der Waals surface area (Å²) in [5.41, 5.74) is 5.95. The van der Waals surface area contributed by atoms with Crippen molar-refractivity contribution in [2.75, 3.05) is 26.3 Å². The second-order valence-electron chi connectivity index (χ2n) is 4.30. The normalized spacial score (nSPS) is 27.5. The fourth-order valence-electron chi connectivity index (χ4n) is 1.77. The zero-order valence-corrected chi connectivity index (χ0v) is 9.28. The molecule has 82 valence electrons. The van der Waals surface area contributed by atoms with E-state index in [1.807, 2.05) is 6.08 Å². The van der Waals surface area contributed by atoms with Crippen molar-refractivity contribution >= 4 is 0 Å². The maximum Gasteiger partial charge on any atom is 0.0621 e. The quantitative estimate of drug-likeness (QED) is 0.666. The lowest BCUT2D eigenvalue weighted by Gasteiger charge is -2.28. The summed E-state index contributed by atoms with van der Waals surface area (Å²) in [5.74, 6) is 0.484. The third-order valence-electron chi connectivity index (χ3n) is 2.81. The molecule has 0 aliphatic carbocycles. The van der Waals surface area contributed by atoms with Crippen molar-refractivity contribution in [2.45, 2.75) is 25.9 Å². The van der Waals surface area contributed by atoms with E-state index < -0.39 is 0 Å². The van der Waals surface area contributed by atoms with Crippen LogP contribution in [-0.4, -0.2) is 43.3 Å². The molecule has 3 heteroatoms. The number of rotatable bonds is 5. The maximum atomic E-state index is 5.95. The standard InChI is InChI=1S/C11H22N2O/c1-4-5-13(9(2)3)6-10-7-14-8-11(10)12/h4,9-11H,1,5-8,12H2,2-3H3.